The summed E-state index contributed by atoms with van der Waals surface area (Å²) in [5.41, 5.74) is 8.30. The van der Waals surface area contributed by atoms with E-state index in [1.807, 2.05) is 24.5 Å². The van der Waals surface area contributed by atoms with E-state index >= 15 is 0 Å². The van der Waals surface area contributed by atoms with Crippen molar-refractivity contribution < 1.29 is 0 Å². The third-order valence-electron chi connectivity index (χ3n) is 4.67. The molecule has 0 bridgehead atoms. The van der Waals surface area contributed by atoms with Crippen LogP contribution in [0.1, 0.15) is 39.5 Å². The number of anilines is 2. The Hall–Kier alpha value is -2.14. The summed E-state index contributed by atoms with van der Waals surface area (Å²) in [4.78, 5) is 8.89. The minimum Gasteiger partial charge on any atom is -0.370 e. The van der Waals surface area contributed by atoms with E-state index in [9.17, 15) is 0 Å². The molecule has 0 saturated heterocycles. The van der Waals surface area contributed by atoms with Crippen molar-refractivity contribution in [2.24, 2.45) is 11.7 Å². The average molecular weight is 339 g/mol. The molecule has 0 atom stereocenters. The van der Waals surface area contributed by atoms with Crippen LogP contribution in [0.15, 0.2) is 36.7 Å². The van der Waals surface area contributed by atoms with Gasteiger partial charge in [-0.2, -0.15) is 0 Å². The number of rotatable bonds is 6. The molecule has 134 valence electrons. The zero-order chi connectivity index (χ0) is 17.6. The van der Waals surface area contributed by atoms with Crippen LogP contribution in [-0.2, 0) is 0 Å². The summed E-state index contributed by atoms with van der Waals surface area (Å²) in [6.07, 6.45) is 8.14. The summed E-state index contributed by atoms with van der Waals surface area (Å²) in [5, 5.41) is 6.95. The summed E-state index contributed by atoms with van der Waals surface area (Å²) in [5.74, 6) is 2.44. The van der Waals surface area contributed by atoms with E-state index in [-0.39, 0.29) is 0 Å². The number of nitrogens with one attached hydrogen (secondary N) is 2. The van der Waals surface area contributed by atoms with Crippen LogP contribution < -0.4 is 16.4 Å². The maximum atomic E-state index is 5.99. The molecule has 2 heterocycles. The molecule has 0 aromatic carbocycles. The molecule has 5 nitrogen and oxygen atoms in total. The van der Waals surface area contributed by atoms with Gasteiger partial charge >= 0.3 is 0 Å². The highest BCUT2D eigenvalue weighted by molar-refractivity contribution is 5.68. The Morgan fingerprint density at radius 2 is 1.60 bits per heavy atom. The van der Waals surface area contributed by atoms with Gasteiger partial charge in [-0.3, -0.25) is 0 Å². The van der Waals surface area contributed by atoms with Crippen molar-refractivity contribution in [1.82, 2.24) is 9.97 Å². The Balaban J connectivity index is 1.69. The third kappa shape index (κ3) is 5.16. The third-order valence-corrected chi connectivity index (χ3v) is 4.67. The molecule has 1 fully saturated rings. The number of hydrogen-bond acceptors (Lipinski definition) is 5. The number of nitrogens with two attached hydrogens (primary N) is 1. The number of nitrogens with zero attached hydrogens (tertiary/aromatic N) is 2. The minimum atomic E-state index is 0.367. The van der Waals surface area contributed by atoms with Crippen LogP contribution in [0, 0.1) is 5.92 Å². The number of pyridine rings is 2. The summed E-state index contributed by atoms with van der Waals surface area (Å²) >= 11 is 0. The Morgan fingerprint density at radius 1 is 1.00 bits per heavy atom. The molecule has 4 N–H and O–H groups in total. The predicted molar refractivity (Wildman–Crippen MR) is 105 cm³/mol. The Bertz CT molecular complexity index is 677. The second-order valence-corrected chi connectivity index (χ2v) is 7.39. The molecule has 0 aliphatic heterocycles. The Morgan fingerprint density at radius 3 is 2.24 bits per heavy atom. The second kappa shape index (κ2) is 8.30. The van der Waals surface area contributed by atoms with Crippen LogP contribution in [0.5, 0.6) is 0 Å². The maximum absolute atomic E-state index is 5.99. The normalized spacial score (nSPS) is 20.5. The van der Waals surface area contributed by atoms with E-state index in [1.54, 1.807) is 0 Å². The first kappa shape index (κ1) is 17.7. The summed E-state index contributed by atoms with van der Waals surface area (Å²) in [6, 6.07) is 9.15. The van der Waals surface area contributed by atoms with Crippen molar-refractivity contribution >= 4 is 11.6 Å². The monoisotopic (exact) mass is 339 g/mol. The Kier molecular flexibility index (Phi) is 5.87. The van der Waals surface area contributed by atoms with Gasteiger partial charge in [0.1, 0.15) is 11.6 Å². The van der Waals surface area contributed by atoms with E-state index in [0.717, 1.165) is 55.0 Å². The van der Waals surface area contributed by atoms with Gasteiger partial charge in [0, 0.05) is 31.0 Å². The van der Waals surface area contributed by atoms with Gasteiger partial charge in [-0.25, -0.2) is 9.97 Å². The van der Waals surface area contributed by atoms with Gasteiger partial charge in [-0.05, 0) is 67.0 Å². The smallest absolute Gasteiger partial charge is 0.126 e. The lowest BCUT2D eigenvalue weighted by atomic mass is 9.92. The number of hydrogen-bond donors (Lipinski definition) is 3. The lowest BCUT2D eigenvalue weighted by Gasteiger charge is -2.27. The molecule has 1 aliphatic rings. The highest BCUT2D eigenvalue weighted by atomic mass is 15.0. The quantitative estimate of drug-likeness (QED) is 0.744. The van der Waals surface area contributed by atoms with Crippen LogP contribution in [0.4, 0.5) is 11.6 Å². The molecule has 1 saturated carbocycles. The van der Waals surface area contributed by atoms with E-state index in [0.29, 0.717) is 18.0 Å². The van der Waals surface area contributed by atoms with Crippen molar-refractivity contribution in [3.05, 3.63) is 36.7 Å². The van der Waals surface area contributed by atoms with Crippen molar-refractivity contribution in [3.8, 4) is 11.1 Å². The van der Waals surface area contributed by atoms with Crippen LogP contribution in [0.25, 0.3) is 11.1 Å². The van der Waals surface area contributed by atoms with Crippen LogP contribution in [0.2, 0.25) is 0 Å². The molecule has 0 radical (unpaired) electrons. The van der Waals surface area contributed by atoms with Crippen molar-refractivity contribution in [1.29, 1.82) is 0 Å². The van der Waals surface area contributed by atoms with Crippen molar-refractivity contribution in [2.75, 3.05) is 17.2 Å². The lowest BCUT2D eigenvalue weighted by Crippen LogP contribution is -2.32. The summed E-state index contributed by atoms with van der Waals surface area (Å²) < 4.78 is 0. The molecule has 1 aliphatic carbocycles. The molecule has 3 rings (SSSR count). The first-order valence-corrected chi connectivity index (χ1v) is 9.28. The van der Waals surface area contributed by atoms with Gasteiger partial charge < -0.3 is 16.4 Å². The zero-order valence-corrected chi connectivity index (χ0v) is 15.2. The largest absolute Gasteiger partial charge is 0.370 e. The van der Waals surface area contributed by atoms with E-state index in [1.165, 1.54) is 0 Å². The fourth-order valence-electron chi connectivity index (χ4n) is 3.18. The molecule has 25 heavy (non-hydrogen) atoms. The van der Waals surface area contributed by atoms with Gasteiger partial charge in [0.05, 0.1) is 0 Å². The molecule has 0 amide bonds. The highest BCUT2D eigenvalue weighted by Gasteiger charge is 2.18. The van der Waals surface area contributed by atoms with E-state index < -0.39 is 0 Å². The van der Waals surface area contributed by atoms with E-state index in [2.05, 4.69) is 46.6 Å². The average Bonchev–Trinajstić information content (AvgIpc) is 2.62. The Labute approximate surface area is 150 Å². The van der Waals surface area contributed by atoms with Crippen molar-refractivity contribution in [2.45, 2.75) is 51.6 Å². The molecule has 2 aromatic rings. The standard InChI is InChI=1S/C20H29N5/c1-14(2)13-24-19-11-15(7-9-22-19)16-8-10-23-20(12-16)25-18-5-3-17(21)4-6-18/h7-12,14,17-18H,3-6,13,21H2,1-2H3,(H,22,24)(H,23,25). The van der Waals surface area contributed by atoms with Gasteiger partial charge in [-0.1, -0.05) is 13.8 Å². The van der Waals surface area contributed by atoms with Gasteiger partial charge in [0.25, 0.3) is 0 Å². The van der Waals surface area contributed by atoms with Gasteiger partial charge in [0.2, 0.25) is 0 Å². The second-order valence-electron chi connectivity index (χ2n) is 7.39. The molecular weight excluding hydrogens is 310 g/mol. The topological polar surface area (TPSA) is 75.9 Å². The summed E-state index contributed by atoms with van der Waals surface area (Å²) in [7, 11) is 0. The lowest BCUT2D eigenvalue weighted by molar-refractivity contribution is 0.410. The van der Waals surface area contributed by atoms with Crippen molar-refractivity contribution in [3.63, 3.8) is 0 Å². The molecule has 0 unspecified atom stereocenters. The fraction of sp³-hybridized carbons (Fsp3) is 0.500. The fourth-order valence-corrected chi connectivity index (χ4v) is 3.18. The predicted octanol–water partition coefficient (Wildman–Crippen LogP) is 3.89. The van der Waals surface area contributed by atoms with Crippen LogP contribution in [0.3, 0.4) is 0 Å². The molecular formula is C20H29N5. The highest BCUT2D eigenvalue weighted by Crippen LogP contribution is 2.25. The number of aromatic nitrogens is 2. The zero-order valence-electron chi connectivity index (χ0n) is 15.2. The molecule has 5 heteroatoms. The van der Waals surface area contributed by atoms with Crippen LogP contribution in [-0.4, -0.2) is 28.6 Å². The summed E-state index contributed by atoms with van der Waals surface area (Å²) in [6.45, 7) is 5.30. The van der Waals surface area contributed by atoms with E-state index in [4.69, 9.17) is 5.73 Å². The maximum Gasteiger partial charge on any atom is 0.126 e. The SMILES string of the molecule is CC(C)CNc1cc(-c2ccnc(NC3CCC(N)CC3)c2)ccn1. The molecule has 0 spiro atoms. The van der Waals surface area contributed by atoms with Gasteiger partial charge in [-0.15, -0.1) is 0 Å². The first-order valence-electron chi connectivity index (χ1n) is 9.28. The minimum absolute atomic E-state index is 0.367. The van der Waals surface area contributed by atoms with Gasteiger partial charge in [0.15, 0.2) is 0 Å². The van der Waals surface area contributed by atoms with Crippen LogP contribution >= 0.6 is 0 Å². The molecule has 2 aromatic heterocycles. The first-order chi connectivity index (χ1) is 12.1.